The molecule has 0 radical (unpaired) electrons. The Morgan fingerprint density at radius 1 is 0.597 bits per heavy atom. The number of carbonyl (C=O) groups is 2. The first-order valence-electron chi connectivity index (χ1n) is 21.1. The summed E-state index contributed by atoms with van der Waals surface area (Å²) in [5, 5.41) is 18.9. The summed E-state index contributed by atoms with van der Waals surface area (Å²) in [6.45, 7) is 1.78. The topological polar surface area (TPSA) is 154 Å². The van der Waals surface area contributed by atoms with Gasteiger partial charge in [-0.05, 0) is 167 Å². The molecule has 1 aliphatic heterocycles. The first kappa shape index (κ1) is 49.1. The third-order valence-corrected chi connectivity index (χ3v) is 11.5. The second-order valence-corrected chi connectivity index (χ2v) is 17.4. The lowest BCUT2D eigenvalue weighted by Gasteiger charge is -2.29. The summed E-state index contributed by atoms with van der Waals surface area (Å²) in [7, 11) is 0. The highest BCUT2D eigenvalue weighted by Crippen LogP contribution is 2.29. The number of rotatable bonds is 17. The van der Waals surface area contributed by atoms with E-state index in [4.69, 9.17) is 75.8 Å². The van der Waals surface area contributed by atoms with Gasteiger partial charge in [0.25, 0.3) is 11.8 Å². The molecule has 2 unspecified atom stereocenters. The monoisotopic (exact) mass is 931 g/mol. The largest absolute Gasteiger partial charge is 0.491 e. The van der Waals surface area contributed by atoms with E-state index in [0.29, 0.717) is 63.4 Å². The van der Waals surface area contributed by atoms with Crippen LogP contribution in [0.3, 0.4) is 0 Å². The van der Waals surface area contributed by atoms with E-state index in [1.807, 2.05) is 24.3 Å². The molecule has 336 valence electrons. The van der Waals surface area contributed by atoms with E-state index in [-0.39, 0.29) is 43.7 Å². The highest BCUT2D eigenvalue weighted by Gasteiger charge is 2.24. The van der Waals surface area contributed by atoms with Crippen molar-refractivity contribution in [1.82, 2.24) is 10.6 Å². The molecule has 2 saturated carbocycles. The Kier molecular flexibility index (Phi) is 21.1. The number of amides is 2. The van der Waals surface area contributed by atoms with Crippen LogP contribution >= 0.6 is 46.4 Å². The van der Waals surface area contributed by atoms with Gasteiger partial charge < -0.3 is 45.2 Å². The number of benzene rings is 4. The maximum atomic E-state index is 12.1. The predicted octanol–water partition coefficient (Wildman–Crippen LogP) is 9.49. The van der Waals surface area contributed by atoms with Gasteiger partial charge in [-0.25, -0.2) is 0 Å². The number of epoxide rings is 1. The van der Waals surface area contributed by atoms with Crippen LogP contribution in [0.15, 0.2) is 97.1 Å². The smallest absolute Gasteiger partial charge is 0.258 e. The van der Waals surface area contributed by atoms with E-state index in [0.717, 1.165) is 75.2 Å². The van der Waals surface area contributed by atoms with Gasteiger partial charge in [-0.15, -0.1) is 0 Å². The number of aliphatic hydroxyl groups excluding tert-OH is 1. The number of ether oxygens (including phenoxy) is 5. The summed E-state index contributed by atoms with van der Waals surface area (Å²) >= 11 is 23.2. The van der Waals surface area contributed by atoms with Crippen LogP contribution in [0.1, 0.15) is 64.2 Å². The Bertz CT molecular complexity index is 1890. The Morgan fingerprint density at radius 3 is 1.37 bits per heavy atom. The number of aliphatic hydroxyl groups is 1. The molecule has 4 aromatic rings. The second kappa shape index (κ2) is 26.6. The lowest BCUT2D eigenvalue weighted by molar-refractivity contribution is -0.124. The van der Waals surface area contributed by atoms with Gasteiger partial charge in [-0.2, -0.15) is 0 Å². The molecule has 1 heterocycles. The first-order valence-corrected chi connectivity index (χ1v) is 22.6. The molecular formula is C47H57Cl4N3O8. The van der Waals surface area contributed by atoms with E-state index in [1.165, 1.54) is 0 Å². The van der Waals surface area contributed by atoms with Gasteiger partial charge in [0.15, 0.2) is 13.2 Å². The van der Waals surface area contributed by atoms with Crippen LogP contribution in [-0.4, -0.2) is 80.3 Å². The molecule has 0 aromatic heterocycles. The van der Waals surface area contributed by atoms with E-state index < -0.39 is 6.10 Å². The second-order valence-electron chi connectivity index (χ2n) is 15.7. The molecule has 1 saturated heterocycles. The summed E-state index contributed by atoms with van der Waals surface area (Å²) in [4.78, 5) is 23.9. The third kappa shape index (κ3) is 20.1. The van der Waals surface area contributed by atoms with E-state index in [2.05, 4.69) is 10.6 Å². The summed E-state index contributed by atoms with van der Waals surface area (Å²) in [6.07, 6.45) is 9.35. The van der Waals surface area contributed by atoms with Crippen molar-refractivity contribution in [3.05, 3.63) is 117 Å². The van der Waals surface area contributed by atoms with Crippen LogP contribution in [0.25, 0.3) is 0 Å². The number of hydrogen-bond donors (Lipinski definition) is 4. The molecule has 62 heavy (non-hydrogen) atoms. The molecule has 2 amide bonds. The fraction of sp³-hybridized carbons (Fsp3) is 0.447. The van der Waals surface area contributed by atoms with Crippen LogP contribution < -0.4 is 35.3 Å². The molecule has 2 aliphatic carbocycles. The minimum absolute atomic E-state index is 0.00136. The zero-order valence-corrected chi connectivity index (χ0v) is 37.7. The molecule has 0 bridgehead atoms. The quantitative estimate of drug-likeness (QED) is 0.0759. The van der Waals surface area contributed by atoms with Crippen molar-refractivity contribution in [3.63, 3.8) is 0 Å². The Labute approximate surface area is 384 Å². The zero-order valence-electron chi connectivity index (χ0n) is 34.7. The number of nitrogens with one attached hydrogen (secondary N) is 2. The van der Waals surface area contributed by atoms with Crippen molar-refractivity contribution < 1.29 is 38.4 Å². The molecule has 7 rings (SSSR count). The van der Waals surface area contributed by atoms with Crippen LogP contribution in [-0.2, 0) is 14.3 Å². The van der Waals surface area contributed by atoms with Crippen molar-refractivity contribution in [3.8, 4) is 23.0 Å². The average molecular weight is 934 g/mol. The van der Waals surface area contributed by atoms with Crippen molar-refractivity contribution >= 4 is 58.2 Å². The fourth-order valence-corrected chi connectivity index (χ4v) is 7.38. The highest BCUT2D eigenvalue weighted by atomic mass is 35.5. The van der Waals surface area contributed by atoms with Crippen LogP contribution in [0, 0.1) is 5.92 Å². The van der Waals surface area contributed by atoms with Crippen molar-refractivity contribution in [2.24, 2.45) is 11.7 Å². The van der Waals surface area contributed by atoms with E-state index >= 15 is 0 Å². The molecule has 11 nitrogen and oxygen atoms in total. The Hall–Kier alpha value is -3.94. The van der Waals surface area contributed by atoms with Gasteiger partial charge in [-0.1, -0.05) is 46.4 Å². The SMILES string of the molecule is Clc1ccc(OCC2CO2)cc1.NC1CCC(NC(=O)COc2ccc(Cl)cc2)CC1.O=C(COc1ccc(Cl)cc1)NC1CCC(CCC(O)COc2ccc(Cl)cc2)CC1. The molecule has 2 atom stereocenters. The summed E-state index contributed by atoms with van der Waals surface area (Å²) < 4.78 is 26.9. The minimum atomic E-state index is -0.488. The third-order valence-electron chi connectivity index (χ3n) is 10.5. The van der Waals surface area contributed by atoms with Crippen LogP contribution in [0.5, 0.6) is 23.0 Å². The van der Waals surface area contributed by atoms with Gasteiger partial charge in [-0.3, -0.25) is 9.59 Å². The number of hydrogen-bond acceptors (Lipinski definition) is 9. The minimum Gasteiger partial charge on any atom is -0.491 e. The molecule has 15 heteroatoms. The summed E-state index contributed by atoms with van der Waals surface area (Å²) in [5.74, 6) is 3.20. The lowest BCUT2D eigenvalue weighted by Crippen LogP contribution is -2.42. The average Bonchev–Trinajstić information content (AvgIpc) is 4.12. The van der Waals surface area contributed by atoms with Gasteiger partial charge in [0.1, 0.15) is 42.3 Å². The molecular weight excluding hydrogens is 876 g/mol. The normalized spacial score (nSPS) is 20.7. The Balaban J connectivity index is 0.000000197. The molecule has 4 aromatic carbocycles. The van der Waals surface area contributed by atoms with E-state index in [1.54, 1.807) is 72.8 Å². The maximum absolute atomic E-state index is 12.1. The van der Waals surface area contributed by atoms with Gasteiger partial charge in [0.2, 0.25) is 0 Å². The highest BCUT2D eigenvalue weighted by molar-refractivity contribution is 6.31. The van der Waals surface area contributed by atoms with Gasteiger partial charge in [0.05, 0.1) is 12.7 Å². The van der Waals surface area contributed by atoms with Crippen LogP contribution in [0.4, 0.5) is 0 Å². The molecule has 0 spiro atoms. The predicted molar refractivity (Wildman–Crippen MR) is 245 cm³/mol. The van der Waals surface area contributed by atoms with Crippen LogP contribution in [0.2, 0.25) is 20.1 Å². The van der Waals surface area contributed by atoms with Gasteiger partial charge >= 0.3 is 0 Å². The number of carbonyl (C=O) groups excluding carboxylic acids is 2. The molecule has 3 fully saturated rings. The summed E-state index contributed by atoms with van der Waals surface area (Å²) in [6, 6.07) is 29.1. The standard InChI is InChI=1S/C24H29Cl2NO4.C14H19ClN2O2.C9H9ClO2/c25-18-4-11-22(12-5-18)30-15-21(28)10-3-17-1-8-20(9-2-17)27-24(29)16-31-23-13-6-19(26)7-14-23;15-10-1-7-13(8-2-10)19-9-14(18)17-12-5-3-11(16)4-6-12;10-7-1-3-8(4-2-7)11-5-9-6-12-9/h4-7,11-14,17,20-21,28H,1-3,8-10,15-16H2,(H,27,29);1-2,7-8,11-12H,3-6,9,16H2,(H,17,18);1-4,9H,5-6H2. The Morgan fingerprint density at radius 2 is 0.968 bits per heavy atom. The first-order chi connectivity index (χ1) is 29.9. The zero-order chi connectivity index (χ0) is 44.1. The number of halogens is 4. The van der Waals surface area contributed by atoms with E-state index in [9.17, 15) is 14.7 Å². The maximum Gasteiger partial charge on any atom is 0.258 e. The fourth-order valence-electron chi connectivity index (χ4n) is 6.88. The van der Waals surface area contributed by atoms with Crippen molar-refractivity contribution in [2.45, 2.75) is 94.5 Å². The van der Waals surface area contributed by atoms with Crippen molar-refractivity contribution in [2.75, 3.05) is 33.0 Å². The molecule has 5 N–H and O–H groups in total. The molecule has 3 aliphatic rings. The number of nitrogens with two attached hydrogens (primary N) is 1. The summed E-state index contributed by atoms with van der Waals surface area (Å²) in [5.41, 5.74) is 5.83. The van der Waals surface area contributed by atoms with Gasteiger partial charge in [0, 0.05) is 38.2 Å². The van der Waals surface area contributed by atoms with Crippen molar-refractivity contribution in [1.29, 1.82) is 0 Å². The lowest BCUT2D eigenvalue weighted by atomic mass is 9.83.